The number of nitrogens with zero attached hydrogens (tertiary/aromatic N) is 6. The monoisotopic (exact) mass is 576 g/mol. The molecule has 0 unspecified atom stereocenters. The van der Waals surface area contributed by atoms with Crippen LogP contribution in [-0.4, -0.2) is 60.6 Å². The van der Waals surface area contributed by atoms with E-state index in [4.69, 9.17) is 16.2 Å². The van der Waals surface area contributed by atoms with E-state index in [-0.39, 0.29) is 47.3 Å². The van der Waals surface area contributed by atoms with Crippen LogP contribution in [-0.2, 0) is 13.1 Å². The van der Waals surface area contributed by atoms with Gasteiger partial charge in [-0.3, -0.25) is 39.1 Å². The van der Waals surface area contributed by atoms with Crippen LogP contribution in [0.5, 0.6) is 5.75 Å². The Kier molecular flexibility index (Phi) is 8.45. The number of allylic oxidation sites excluding steroid dienone is 1. The molecule has 0 saturated heterocycles. The van der Waals surface area contributed by atoms with Gasteiger partial charge in [-0.1, -0.05) is 12.2 Å². The van der Waals surface area contributed by atoms with E-state index in [9.17, 15) is 24.5 Å². The number of hydrogen-bond donors (Lipinski definition) is 4. The minimum Gasteiger partial charge on any atom is -0.494 e. The number of primary amides is 2. The molecule has 1 aromatic carbocycles. The van der Waals surface area contributed by atoms with Crippen LogP contribution in [0.2, 0.25) is 0 Å². The molecule has 0 aliphatic rings. The summed E-state index contributed by atoms with van der Waals surface area (Å²) in [5.74, 6) is -1.69. The molecule has 218 valence electrons. The van der Waals surface area contributed by atoms with Crippen molar-refractivity contribution >= 4 is 46.2 Å². The maximum atomic E-state index is 13.1. The maximum Gasteiger partial charge on any atom is 0.296 e. The molecule has 0 atom stereocenters. The predicted molar refractivity (Wildman–Crippen MR) is 152 cm³/mol. The highest BCUT2D eigenvalue weighted by molar-refractivity contribution is 6.03. The van der Waals surface area contributed by atoms with Gasteiger partial charge in [0.05, 0.1) is 23.3 Å². The van der Waals surface area contributed by atoms with Crippen LogP contribution in [0.4, 0.5) is 17.3 Å². The Bertz CT molecular complexity index is 1740. The Hall–Kier alpha value is -5.80. The van der Waals surface area contributed by atoms with E-state index in [0.717, 1.165) is 6.07 Å². The van der Waals surface area contributed by atoms with E-state index in [1.807, 2.05) is 6.92 Å². The van der Waals surface area contributed by atoms with Crippen molar-refractivity contribution < 1.29 is 24.0 Å². The van der Waals surface area contributed by atoms with E-state index in [1.165, 1.54) is 25.4 Å². The van der Waals surface area contributed by atoms with Gasteiger partial charge in [-0.2, -0.15) is 5.10 Å². The van der Waals surface area contributed by atoms with Gasteiger partial charge in [0.2, 0.25) is 17.8 Å². The summed E-state index contributed by atoms with van der Waals surface area (Å²) < 4.78 is 8.42. The molecule has 0 aliphatic carbocycles. The SMILES string of the molecule is CCn1nc(C)cc1C(=O)Nc1nc2cc(C(N)=O)cnc2n1CC=CCNc1c(OC)cc(C(N)=O)cc1[N+](=O)[O-]. The van der Waals surface area contributed by atoms with E-state index < -0.39 is 22.6 Å². The number of nitrogens with one attached hydrogen (secondary N) is 2. The maximum absolute atomic E-state index is 13.1. The number of imidazole rings is 1. The van der Waals surface area contributed by atoms with Gasteiger partial charge in [-0.25, -0.2) is 9.97 Å². The van der Waals surface area contributed by atoms with Gasteiger partial charge in [0, 0.05) is 37.5 Å². The Morgan fingerprint density at radius 3 is 2.50 bits per heavy atom. The van der Waals surface area contributed by atoms with Crippen LogP contribution in [0.15, 0.2) is 42.6 Å². The highest BCUT2D eigenvalue weighted by atomic mass is 16.6. The average Bonchev–Trinajstić information content (AvgIpc) is 3.51. The number of benzene rings is 1. The molecule has 4 rings (SSSR count). The third kappa shape index (κ3) is 6.01. The number of nitro groups is 1. The van der Waals surface area contributed by atoms with Crippen molar-refractivity contribution in [2.75, 3.05) is 24.3 Å². The number of rotatable bonds is 12. The zero-order chi connectivity index (χ0) is 30.6. The standard InChI is InChI=1S/C26H28N10O6/c1-4-35-19(9-14(2)33-35)25(39)32-26-31-17-10-16(23(28)38)13-30-24(17)34(26)8-6-5-7-29-21-18(36(40)41)11-15(22(27)37)12-20(21)42-3/h5-6,9-13,29H,4,7-8H2,1-3H3,(H2,27,37)(H2,28,38)(H,31,32,39). The number of amides is 3. The zero-order valence-electron chi connectivity index (χ0n) is 23.0. The molecule has 42 heavy (non-hydrogen) atoms. The van der Waals surface area contributed by atoms with Crippen molar-refractivity contribution in [1.29, 1.82) is 0 Å². The van der Waals surface area contributed by atoms with Gasteiger partial charge in [-0.05, 0) is 32.0 Å². The van der Waals surface area contributed by atoms with Crippen LogP contribution < -0.4 is 26.8 Å². The first-order chi connectivity index (χ1) is 20.0. The van der Waals surface area contributed by atoms with E-state index in [1.54, 1.807) is 34.4 Å². The number of hydrogen-bond acceptors (Lipinski definition) is 10. The van der Waals surface area contributed by atoms with Crippen LogP contribution in [0.3, 0.4) is 0 Å². The number of aryl methyl sites for hydroxylation is 2. The number of ether oxygens (including phenoxy) is 1. The van der Waals surface area contributed by atoms with E-state index in [0.29, 0.717) is 29.1 Å². The number of fused-ring (bicyclic) bond motifs is 1. The lowest BCUT2D eigenvalue weighted by molar-refractivity contribution is -0.384. The van der Waals surface area contributed by atoms with Crippen molar-refractivity contribution in [1.82, 2.24) is 24.3 Å². The fourth-order valence-corrected chi connectivity index (χ4v) is 4.20. The minimum atomic E-state index is -0.829. The molecular formula is C26H28N10O6. The normalized spacial score (nSPS) is 11.1. The third-order valence-electron chi connectivity index (χ3n) is 6.16. The van der Waals surface area contributed by atoms with Gasteiger partial charge in [0.1, 0.15) is 17.0 Å². The van der Waals surface area contributed by atoms with E-state index >= 15 is 0 Å². The number of carbonyl (C=O) groups excluding carboxylic acids is 3. The van der Waals surface area contributed by atoms with Crippen molar-refractivity contribution in [3.8, 4) is 5.75 Å². The van der Waals surface area contributed by atoms with Gasteiger partial charge in [0.25, 0.3) is 11.6 Å². The number of carbonyl (C=O) groups is 3. The molecular weight excluding hydrogens is 548 g/mol. The molecule has 0 aliphatic heterocycles. The molecule has 4 aromatic rings. The van der Waals surface area contributed by atoms with E-state index in [2.05, 4.69) is 25.7 Å². The second-order valence-electron chi connectivity index (χ2n) is 8.96. The van der Waals surface area contributed by atoms with Crippen LogP contribution in [0, 0.1) is 17.0 Å². The fourth-order valence-electron chi connectivity index (χ4n) is 4.20. The van der Waals surface area contributed by atoms with Gasteiger partial charge >= 0.3 is 0 Å². The molecule has 6 N–H and O–H groups in total. The van der Waals surface area contributed by atoms with Gasteiger partial charge < -0.3 is 21.5 Å². The Balaban J connectivity index is 1.60. The first-order valence-electron chi connectivity index (χ1n) is 12.6. The smallest absolute Gasteiger partial charge is 0.296 e. The Morgan fingerprint density at radius 2 is 1.86 bits per heavy atom. The summed E-state index contributed by atoms with van der Waals surface area (Å²) in [5.41, 5.74) is 12.2. The average molecular weight is 577 g/mol. The number of nitro benzene ring substituents is 1. The summed E-state index contributed by atoms with van der Waals surface area (Å²) in [5, 5.41) is 21.6. The topological polar surface area (TPSA) is 228 Å². The molecule has 3 heterocycles. The summed E-state index contributed by atoms with van der Waals surface area (Å²) in [7, 11) is 1.32. The molecule has 0 saturated carbocycles. The lowest BCUT2D eigenvalue weighted by Crippen LogP contribution is -2.20. The lowest BCUT2D eigenvalue weighted by Gasteiger charge is -2.12. The van der Waals surface area contributed by atoms with Crippen molar-refractivity contribution in [2.45, 2.75) is 26.9 Å². The molecule has 0 spiro atoms. The predicted octanol–water partition coefficient (Wildman–Crippen LogP) is 1.99. The molecule has 0 bridgehead atoms. The number of anilines is 2. The third-order valence-corrected chi connectivity index (χ3v) is 6.16. The number of pyridine rings is 1. The summed E-state index contributed by atoms with van der Waals surface area (Å²) in [6.07, 6.45) is 4.73. The number of aromatic nitrogens is 5. The Labute approximate surface area is 238 Å². The molecule has 3 aromatic heterocycles. The fraction of sp³-hybridized carbons (Fsp3) is 0.231. The Morgan fingerprint density at radius 1 is 1.12 bits per heavy atom. The highest BCUT2D eigenvalue weighted by Gasteiger charge is 2.22. The summed E-state index contributed by atoms with van der Waals surface area (Å²) in [4.78, 5) is 56.1. The number of methoxy groups -OCH3 is 1. The van der Waals surface area contributed by atoms with Gasteiger partial charge in [-0.15, -0.1) is 0 Å². The molecule has 0 fully saturated rings. The van der Waals surface area contributed by atoms with Crippen LogP contribution >= 0.6 is 0 Å². The minimum absolute atomic E-state index is 0.0645. The zero-order valence-corrected chi connectivity index (χ0v) is 23.0. The van der Waals surface area contributed by atoms with Crippen LogP contribution in [0.1, 0.15) is 43.8 Å². The van der Waals surface area contributed by atoms with Gasteiger partial charge in [0.15, 0.2) is 11.3 Å². The molecule has 3 amide bonds. The lowest BCUT2D eigenvalue weighted by atomic mass is 10.1. The molecule has 16 nitrogen and oxygen atoms in total. The van der Waals surface area contributed by atoms with Crippen molar-refractivity contribution in [3.05, 3.63) is 75.2 Å². The molecule has 16 heteroatoms. The summed E-state index contributed by atoms with van der Waals surface area (Å²) >= 11 is 0. The summed E-state index contributed by atoms with van der Waals surface area (Å²) in [6.45, 7) is 4.45. The second-order valence-corrected chi connectivity index (χ2v) is 8.96. The largest absolute Gasteiger partial charge is 0.494 e. The van der Waals surface area contributed by atoms with Crippen molar-refractivity contribution in [3.63, 3.8) is 0 Å². The first kappa shape index (κ1) is 29.2. The van der Waals surface area contributed by atoms with Crippen LogP contribution in [0.25, 0.3) is 11.2 Å². The second kappa shape index (κ2) is 12.2. The molecule has 0 radical (unpaired) electrons. The highest BCUT2D eigenvalue weighted by Crippen LogP contribution is 2.35. The first-order valence-corrected chi connectivity index (χ1v) is 12.6. The summed E-state index contributed by atoms with van der Waals surface area (Å²) in [6, 6.07) is 5.52. The van der Waals surface area contributed by atoms with Crippen molar-refractivity contribution in [2.24, 2.45) is 11.5 Å². The number of nitrogens with two attached hydrogens (primary N) is 2. The quantitative estimate of drug-likeness (QED) is 0.109.